The second kappa shape index (κ2) is 10.2. The minimum Gasteiger partial charge on any atom is -0.348 e. The highest BCUT2D eigenvalue weighted by Crippen LogP contribution is 2.35. The average Bonchev–Trinajstić information content (AvgIpc) is 2.89. The maximum Gasteiger partial charge on any atom is 0.227 e. The lowest BCUT2D eigenvalue weighted by molar-refractivity contribution is -0.141. The van der Waals surface area contributed by atoms with E-state index in [4.69, 9.17) is 4.98 Å². The van der Waals surface area contributed by atoms with Crippen LogP contribution >= 0.6 is 0 Å². The quantitative estimate of drug-likeness (QED) is 0.589. The molecular weight excluding hydrogens is 434 g/mol. The van der Waals surface area contributed by atoms with Crippen LogP contribution in [-0.4, -0.2) is 51.9 Å². The number of piperidine rings is 1. The van der Waals surface area contributed by atoms with Crippen LogP contribution in [0.25, 0.3) is 0 Å². The number of carbonyl (C=O) groups is 1. The molecule has 2 aliphatic heterocycles. The minimum atomic E-state index is -0.00450. The summed E-state index contributed by atoms with van der Waals surface area (Å²) in [5, 5.41) is 3.43. The summed E-state index contributed by atoms with van der Waals surface area (Å²) in [7, 11) is 2.15. The topological polar surface area (TPSA) is 61.4 Å². The van der Waals surface area contributed by atoms with E-state index in [-0.39, 0.29) is 29.8 Å². The van der Waals surface area contributed by atoms with Gasteiger partial charge in [-0.2, -0.15) is 0 Å². The standard InChI is InChI=1S/C29H35N5O/c1-20-16-24-17-30-29(31-21(2)22-10-6-4-7-11-22)32-27(24)19-34(20)28(35)25-14-15-33(3)18-26(25)23-12-8-5-9-13-23/h4-13,17,20-21,25-26H,14-16,18-19H2,1-3H3,(H,30,31,32)/t20-,21-,25+,26-/m1/s1. The van der Waals surface area contributed by atoms with E-state index in [1.54, 1.807) is 0 Å². The largest absolute Gasteiger partial charge is 0.348 e. The van der Waals surface area contributed by atoms with E-state index in [1.165, 1.54) is 11.1 Å². The Labute approximate surface area is 208 Å². The molecule has 5 rings (SSSR count). The highest BCUT2D eigenvalue weighted by Gasteiger charge is 2.39. The van der Waals surface area contributed by atoms with E-state index in [0.29, 0.717) is 12.5 Å². The SMILES string of the molecule is C[C@@H]1Cc2cnc(N[C@H](C)c3ccccc3)nc2CN1C(=O)[C@H]1CCN(C)C[C@@H]1c1ccccc1. The third-order valence-electron chi connectivity index (χ3n) is 7.61. The summed E-state index contributed by atoms with van der Waals surface area (Å²) in [6.07, 6.45) is 3.61. The number of likely N-dealkylation sites (tertiary alicyclic amines) is 1. The zero-order valence-electron chi connectivity index (χ0n) is 20.9. The Hall–Kier alpha value is -3.25. The molecular formula is C29H35N5O. The highest BCUT2D eigenvalue weighted by molar-refractivity contribution is 5.80. The summed E-state index contributed by atoms with van der Waals surface area (Å²) >= 11 is 0. The fourth-order valence-electron chi connectivity index (χ4n) is 5.54. The van der Waals surface area contributed by atoms with Crippen molar-refractivity contribution in [2.75, 3.05) is 25.5 Å². The van der Waals surface area contributed by atoms with Gasteiger partial charge in [0.25, 0.3) is 0 Å². The van der Waals surface area contributed by atoms with Crippen LogP contribution in [0.1, 0.15) is 54.6 Å². The molecule has 1 amide bonds. The van der Waals surface area contributed by atoms with Crippen molar-refractivity contribution in [3.63, 3.8) is 0 Å². The molecule has 1 aromatic heterocycles. The first-order chi connectivity index (χ1) is 17.0. The lowest BCUT2D eigenvalue weighted by atomic mass is 9.79. The van der Waals surface area contributed by atoms with Crippen LogP contribution < -0.4 is 5.32 Å². The molecule has 6 nitrogen and oxygen atoms in total. The van der Waals surface area contributed by atoms with Crippen LogP contribution in [0.3, 0.4) is 0 Å². The summed E-state index contributed by atoms with van der Waals surface area (Å²) in [5.41, 5.74) is 4.54. The van der Waals surface area contributed by atoms with Crippen molar-refractivity contribution >= 4 is 11.9 Å². The van der Waals surface area contributed by atoms with E-state index in [1.807, 2.05) is 30.5 Å². The molecule has 0 aliphatic carbocycles. The summed E-state index contributed by atoms with van der Waals surface area (Å²) in [6.45, 7) is 6.66. The van der Waals surface area contributed by atoms with Gasteiger partial charge < -0.3 is 15.1 Å². The molecule has 0 radical (unpaired) electrons. The lowest BCUT2D eigenvalue weighted by Crippen LogP contribution is -2.50. The Morgan fingerprint density at radius 2 is 1.80 bits per heavy atom. The minimum absolute atomic E-state index is 0.00450. The fourth-order valence-corrected chi connectivity index (χ4v) is 5.54. The fraction of sp³-hybridized carbons (Fsp3) is 0.414. The summed E-state index contributed by atoms with van der Waals surface area (Å²) in [5.74, 6) is 1.08. The molecule has 2 aromatic carbocycles. The Bertz CT molecular complexity index is 1150. The van der Waals surface area contributed by atoms with Crippen LogP contribution in [0.4, 0.5) is 5.95 Å². The molecule has 0 bridgehead atoms. The molecule has 2 aliphatic rings. The molecule has 1 saturated heterocycles. The Morgan fingerprint density at radius 1 is 1.09 bits per heavy atom. The van der Waals surface area contributed by atoms with E-state index in [9.17, 15) is 4.79 Å². The predicted molar refractivity (Wildman–Crippen MR) is 139 cm³/mol. The number of amides is 1. The van der Waals surface area contributed by atoms with Crippen molar-refractivity contribution in [3.8, 4) is 0 Å². The predicted octanol–water partition coefficient (Wildman–Crippen LogP) is 4.66. The van der Waals surface area contributed by atoms with Crippen molar-refractivity contribution in [2.45, 2.75) is 51.2 Å². The van der Waals surface area contributed by atoms with Gasteiger partial charge in [0.2, 0.25) is 11.9 Å². The molecule has 1 N–H and O–H groups in total. The first kappa shape index (κ1) is 23.5. The van der Waals surface area contributed by atoms with Gasteiger partial charge in [-0.1, -0.05) is 60.7 Å². The normalized spacial score (nSPS) is 23.4. The monoisotopic (exact) mass is 469 g/mol. The van der Waals surface area contributed by atoms with Gasteiger partial charge in [0.05, 0.1) is 18.3 Å². The second-order valence-corrected chi connectivity index (χ2v) is 10.1. The van der Waals surface area contributed by atoms with Crippen LogP contribution in [0.2, 0.25) is 0 Å². The van der Waals surface area contributed by atoms with Crippen molar-refractivity contribution in [3.05, 3.63) is 89.2 Å². The molecule has 3 aromatic rings. The van der Waals surface area contributed by atoms with Gasteiger partial charge in [0.15, 0.2) is 0 Å². The third kappa shape index (κ3) is 5.08. The van der Waals surface area contributed by atoms with Crippen molar-refractivity contribution in [1.82, 2.24) is 19.8 Å². The first-order valence-corrected chi connectivity index (χ1v) is 12.7. The van der Waals surface area contributed by atoms with E-state index < -0.39 is 0 Å². The maximum atomic E-state index is 14.0. The highest BCUT2D eigenvalue weighted by atomic mass is 16.2. The van der Waals surface area contributed by atoms with Crippen molar-refractivity contribution in [2.24, 2.45) is 5.92 Å². The second-order valence-electron chi connectivity index (χ2n) is 10.1. The molecule has 4 atom stereocenters. The van der Waals surface area contributed by atoms with Crippen LogP contribution in [0, 0.1) is 5.92 Å². The van der Waals surface area contributed by atoms with Crippen molar-refractivity contribution in [1.29, 1.82) is 0 Å². The molecule has 0 saturated carbocycles. The maximum absolute atomic E-state index is 14.0. The smallest absolute Gasteiger partial charge is 0.227 e. The van der Waals surface area contributed by atoms with Crippen molar-refractivity contribution < 1.29 is 4.79 Å². The molecule has 0 spiro atoms. The number of rotatable bonds is 5. The molecule has 6 heteroatoms. The average molecular weight is 470 g/mol. The number of likely N-dealkylation sites (N-methyl/N-ethyl adjacent to an activating group) is 1. The van der Waals surface area contributed by atoms with Gasteiger partial charge in [-0.15, -0.1) is 0 Å². The summed E-state index contributed by atoms with van der Waals surface area (Å²) in [4.78, 5) is 27.8. The third-order valence-corrected chi connectivity index (χ3v) is 7.61. The Morgan fingerprint density at radius 3 is 2.54 bits per heavy atom. The van der Waals surface area contributed by atoms with Gasteiger partial charge in [-0.3, -0.25) is 4.79 Å². The first-order valence-electron chi connectivity index (χ1n) is 12.7. The molecule has 182 valence electrons. The number of benzene rings is 2. The lowest BCUT2D eigenvalue weighted by Gasteiger charge is -2.42. The molecule has 35 heavy (non-hydrogen) atoms. The molecule has 3 heterocycles. The number of carbonyl (C=O) groups excluding carboxylic acids is 1. The van der Waals surface area contributed by atoms with E-state index >= 15 is 0 Å². The van der Waals surface area contributed by atoms with Gasteiger partial charge in [-0.25, -0.2) is 9.97 Å². The Kier molecular flexibility index (Phi) is 6.82. The number of hydrogen-bond acceptors (Lipinski definition) is 5. The van der Waals surface area contributed by atoms with E-state index in [0.717, 1.165) is 37.2 Å². The number of anilines is 1. The number of hydrogen-bond donors (Lipinski definition) is 1. The molecule has 1 fully saturated rings. The van der Waals surface area contributed by atoms with Crippen LogP contribution in [0.5, 0.6) is 0 Å². The summed E-state index contributed by atoms with van der Waals surface area (Å²) in [6, 6.07) is 21.1. The van der Waals surface area contributed by atoms with Gasteiger partial charge in [0.1, 0.15) is 0 Å². The number of nitrogens with zero attached hydrogens (tertiary/aromatic N) is 4. The number of nitrogens with one attached hydrogen (secondary N) is 1. The molecule has 0 unspecified atom stereocenters. The van der Waals surface area contributed by atoms with Gasteiger partial charge >= 0.3 is 0 Å². The zero-order chi connectivity index (χ0) is 24.4. The number of aromatic nitrogens is 2. The van der Waals surface area contributed by atoms with Gasteiger partial charge in [0, 0.05) is 30.6 Å². The Balaban J connectivity index is 1.35. The van der Waals surface area contributed by atoms with Crippen LogP contribution in [0.15, 0.2) is 66.9 Å². The van der Waals surface area contributed by atoms with E-state index in [2.05, 4.69) is 77.4 Å². The number of fused-ring (bicyclic) bond motifs is 1. The van der Waals surface area contributed by atoms with Gasteiger partial charge in [-0.05, 0) is 57.0 Å². The zero-order valence-corrected chi connectivity index (χ0v) is 20.9. The van der Waals surface area contributed by atoms with Crippen LogP contribution in [-0.2, 0) is 17.8 Å². The summed E-state index contributed by atoms with van der Waals surface area (Å²) < 4.78 is 0.